The van der Waals surface area contributed by atoms with E-state index in [4.69, 9.17) is 14.2 Å². The molecule has 0 spiro atoms. The summed E-state index contributed by atoms with van der Waals surface area (Å²) in [7, 11) is 1.51. The molecule has 10 heteroatoms. The molecule has 1 aliphatic rings. The van der Waals surface area contributed by atoms with Crippen LogP contribution in [0, 0.1) is 0 Å². The van der Waals surface area contributed by atoms with E-state index in [9.17, 15) is 30.3 Å². The number of rotatable bonds is 7. The van der Waals surface area contributed by atoms with Crippen molar-refractivity contribution in [2.24, 2.45) is 0 Å². The number of aromatic hydroxyl groups is 1. The summed E-state index contributed by atoms with van der Waals surface area (Å²) < 4.78 is 16.1. The van der Waals surface area contributed by atoms with E-state index in [-0.39, 0.29) is 23.6 Å². The van der Waals surface area contributed by atoms with Crippen LogP contribution in [0.4, 0.5) is 0 Å². The van der Waals surface area contributed by atoms with Crippen molar-refractivity contribution in [2.45, 2.75) is 37.3 Å². The molecule has 2 aromatic carbocycles. The predicted octanol–water partition coefficient (Wildman–Crippen LogP) is -0.491. The van der Waals surface area contributed by atoms with Crippen molar-refractivity contribution in [3.63, 3.8) is 0 Å². The molecule has 5 atom stereocenters. The van der Waals surface area contributed by atoms with E-state index in [1.54, 1.807) is 24.3 Å². The van der Waals surface area contributed by atoms with Gasteiger partial charge in [0.25, 0.3) is 5.91 Å². The maximum absolute atomic E-state index is 12.8. The van der Waals surface area contributed by atoms with Gasteiger partial charge in [-0.15, -0.1) is 0 Å². The summed E-state index contributed by atoms with van der Waals surface area (Å²) in [5.41, 5.74) is 0.500. The number of phenolic OH excluding ortho intramolecular Hbond substituents is 1. The molecular weight excluding hydrogens is 410 g/mol. The average molecular weight is 435 g/mol. The summed E-state index contributed by atoms with van der Waals surface area (Å²) in [5, 5.41) is 52.2. The smallest absolute Gasteiger partial charge is 0.259 e. The van der Waals surface area contributed by atoms with Gasteiger partial charge in [-0.05, 0) is 18.2 Å². The summed E-state index contributed by atoms with van der Waals surface area (Å²) in [6.07, 6.45) is -7.53. The molecule has 0 saturated carbocycles. The number of nitrogens with one attached hydrogen (secondary N) is 1. The molecule has 1 aliphatic heterocycles. The Bertz CT molecular complexity index is 904. The largest absolute Gasteiger partial charge is 0.507 e. The van der Waals surface area contributed by atoms with Crippen molar-refractivity contribution in [3.05, 3.63) is 53.6 Å². The quantitative estimate of drug-likeness (QED) is 0.337. The van der Waals surface area contributed by atoms with Crippen LogP contribution in [0.3, 0.4) is 0 Å². The van der Waals surface area contributed by atoms with E-state index in [0.717, 1.165) is 0 Å². The van der Waals surface area contributed by atoms with Crippen LogP contribution < -0.4 is 14.8 Å². The van der Waals surface area contributed by atoms with E-state index >= 15 is 0 Å². The number of carbonyl (C=O) groups is 1. The van der Waals surface area contributed by atoms with Crippen LogP contribution in [0.5, 0.6) is 17.2 Å². The number of carbonyl (C=O) groups excluding carboxylic acids is 1. The molecule has 0 radical (unpaired) electrons. The monoisotopic (exact) mass is 435 g/mol. The molecule has 3 rings (SSSR count). The fourth-order valence-corrected chi connectivity index (χ4v) is 3.25. The Balaban J connectivity index is 1.79. The zero-order valence-electron chi connectivity index (χ0n) is 16.7. The van der Waals surface area contributed by atoms with Crippen LogP contribution >= 0.6 is 0 Å². The van der Waals surface area contributed by atoms with Gasteiger partial charge in [0.05, 0.1) is 13.7 Å². The number of phenols is 1. The second-order valence-corrected chi connectivity index (χ2v) is 6.96. The van der Waals surface area contributed by atoms with E-state index in [1.165, 1.54) is 25.3 Å². The van der Waals surface area contributed by atoms with Gasteiger partial charge in [-0.1, -0.05) is 24.3 Å². The minimum absolute atomic E-state index is 0.108. The van der Waals surface area contributed by atoms with Gasteiger partial charge in [0.2, 0.25) is 6.29 Å². The molecule has 1 fully saturated rings. The zero-order chi connectivity index (χ0) is 22.5. The summed E-state index contributed by atoms with van der Waals surface area (Å²) in [6, 6.07) is 11.2. The molecule has 1 heterocycles. The average Bonchev–Trinajstić information content (AvgIpc) is 2.78. The third-order valence-electron chi connectivity index (χ3n) is 4.95. The Morgan fingerprint density at radius 3 is 2.45 bits per heavy atom. The maximum atomic E-state index is 12.8. The first-order valence-corrected chi connectivity index (χ1v) is 9.56. The van der Waals surface area contributed by atoms with Crippen molar-refractivity contribution in [1.29, 1.82) is 0 Å². The lowest BCUT2D eigenvalue weighted by Gasteiger charge is -2.39. The SMILES string of the molecule is COc1ccccc1CNC(=O)c1c(O)cccc1O[C@@H]1O[C@H](CO)[C@@H](O)[C@H](O)[C@H]1O. The van der Waals surface area contributed by atoms with E-state index < -0.39 is 43.2 Å². The molecule has 1 saturated heterocycles. The first-order valence-electron chi connectivity index (χ1n) is 9.56. The highest BCUT2D eigenvalue weighted by molar-refractivity contribution is 5.99. The van der Waals surface area contributed by atoms with Gasteiger partial charge in [0.1, 0.15) is 47.2 Å². The number of amides is 1. The number of hydrogen-bond acceptors (Lipinski definition) is 9. The third-order valence-corrected chi connectivity index (χ3v) is 4.95. The highest BCUT2D eigenvalue weighted by Gasteiger charge is 2.45. The minimum atomic E-state index is -1.66. The third kappa shape index (κ3) is 4.89. The Kier molecular flexibility index (Phi) is 7.31. The van der Waals surface area contributed by atoms with Gasteiger partial charge in [-0.2, -0.15) is 0 Å². The fourth-order valence-electron chi connectivity index (χ4n) is 3.25. The molecule has 0 unspecified atom stereocenters. The molecule has 168 valence electrons. The van der Waals surface area contributed by atoms with Crippen molar-refractivity contribution in [1.82, 2.24) is 5.32 Å². The summed E-state index contributed by atoms with van der Waals surface area (Å²) in [4.78, 5) is 12.8. The van der Waals surface area contributed by atoms with Gasteiger partial charge in [0.15, 0.2) is 0 Å². The molecule has 10 nitrogen and oxygen atoms in total. The second-order valence-electron chi connectivity index (χ2n) is 6.96. The highest BCUT2D eigenvalue weighted by atomic mass is 16.7. The van der Waals surface area contributed by atoms with Crippen molar-refractivity contribution in [3.8, 4) is 17.2 Å². The van der Waals surface area contributed by atoms with Crippen molar-refractivity contribution in [2.75, 3.05) is 13.7 Å². The molecule has 31 heavy (non-hydrogen) atoms. The van der Waals surface area contributed by atoms with Crippen molar-refractivity contribution >= 4 is 5.91 Å². The lowest BCUT2D eigenvalue weighted by atomic mass is 9.99. The van der Waals surface area contributed by atoms with Crippen LogP contribution in [0.1, 0.15) is 15.9 Å². The summed E-state index contributed by atoms with van der Waals surface area (Å²) in [6.45, 7) is -0.520. The Morgan fingerprint density at radius 2 is 1.74 bits per heavy atom. The number of aliphatic hydroxyl groups is 4. The van der Waals surface area contributed by atoms with Crippen molar-refractivity contribution < 1.29 is 44.5 Å². The number of aliphatic hydroxyl groups excluding tert-OH is 4. The number of benzene rings is 2. The van der Waals surface area contributed by atoms with Crippen LogP contribution in [0.25, 0.3) is 0 Å². The van der Waals surface area contributed by atoms with Crippen LogP contribution in [-0.2, 0) is 11.3 Å². The molecule has 0 aliphatic carbocycles. The number of ether oxygens (including phenoxy) is 3. The predicted molar refractivity (Wildman–Crippen MR) is 107 cm³/mol. The van der Waals surface area contributed by atoms with E-state index in [1.807, 2.05) is 0 Å². The molecule has 1 amide bonds. The first kappa shape index (κ1) is 22.8. The Hall–Kier alpha value is -2.89. The fraction of sp³-hybridized carbons (Fsp3) is 0.381. The lowest BCUT2D eigenvalue weighted by Crippen LogP contribution is -2.60. The Labute approximate surface area is 178 Å². The lowest BCUT2D eigenvalue weighted by molar-refractivity contribution is -0.277. The van der Waals surface area contributed by atoms with Gasteiger partial charge in [-0.3, -0.25) is 4.79 Å². The van der Waals surface area contributed by atoms with Crippen LogP contribution in [-0.4, -0.2) is 75.9 Å². The van der Waals surface area contributed by atoms with Gasteiger partial charge in [-0.25, -0.2) is 0 Å². The van der Waals surface area contributed by atoms with Crippen LogP contribution in [0.15, 0.2) is 42.5 Å². The normalized spacial score (nSPS) is 25.6. The Morgan fingerprint density at radius 1 is 1.03 bits per heavy atom. The van der Waals surface area contributed by atoms with E-state index in [0.29, 0.717) is 11.3 Å². The molecule has 0 aromatic heterocycles. The highest BCUT2D eigenvalue weighted by Crippen LogP contribution is 2.31. The summed E-state index contributed by atoms with van der Waals surface area (Å²) in [5.74, 6) is -0.581. The van der Waals surface area contributed by atoms with Crippen LogP contribution in [0.2, 0.25) is 0 Å². The minimum Gasteiger partial charge on any atom is -0.507 e. The van der Waals surface area contributed by atoms with Gasteiger partial charge >= 0.3 is 0 Å². The number of hydrogen-bond donors (Lipinski definition) is 6. The molecule has 6 N–H and O–H groups in total. The van der Waals surface area contributed by atoms with Gasteiger partial charge < -0.3 is 45.1 Å². The first-order chi connectivity index (χ1) is 14.9. The van der Waals surface area contributed by atoms with Gasteiger partial charge in [0, 0.05) is 12.1 Å². The zero-order valence-corrected chi connectivity index (χ0v) is 16.7. The topological polar surface area (TPSA) is 158 Å². The molecule has 2 aromatic rings. The molecule has 0 bridgehead atoms. The number of para-hydroxylation sites is 1. The maximum Gasteiger partial charge on any atom is 0.259 e. The second kappa shape index (κ2) is 9.94. The standard InChI is InChI=1S/C21H25NO9/c1-29-13-7-3-2-5-11(13)9-22-20(28)16-12(24)6-4-8-14(16)30-21-19(27)18(26)17(25)15(10-23)31-21/h2-8,15,17-19,21,23-27H,9-10H2,1H3,(H,22,28)/t15-,17-,18+,19-,21-/m1/s1. The number of methoxy groups -OCH3 is 1. The van der Waals surface area contributed by atoms with E-state index in [2.05, 4.69) is 5.32 Å². The summed E-state index contributed by atoms with van der Waals surface area (Å²) >= 11 is 0. The molecular formula is C21H25NO9.